The Balaban J connectivity index is 1.41. The fourth-order valence-electron chi connectivity index (χ4n) is 3.89. The second kappa shape index (κ2) is 7.67. The van der Waals surface area contributed by atoms with Crippen molar-refractivity contribution >= 4 is 55.6 Å². The summed E-state index contributed by atoms with van der Waals surface area (Å²) in [5.74, 6) is 2.41. The largest absolute Gasteiger partial charge is 0.367 e. The van der Waals surface area contributed by atoms with Gasteiger partial charge in [-0.2, -0.15) is 0 Å². The van der Waals surface area contributed by atoms with Crippen LogP contribution in [0.4, 0.5) is 17.2 Å². The number of rotatable bonds is 4. The van der Waals surface area contributed by atoms with Crippen LogP contribution in [0, 0.1) is 10.1 Å². The van der Waals surface area contributed by atoms with E-state index in [1.54, 1.807) is 6.07 Å². The Morgan fingerprint density at radius 1 is 1.03 bits per heavy atom. The van der Waals surface area contributed by atoms with Gasteiger partial charge < -0.3 is 9.80 Å². The number of halogens is 2. The van der Waals surface area contributed by atoms with E-state index in [9.17, 15) is 10.1 Å². The molecule has 1 saturated heterocycles. The molecule has 2 fully saturated rings. The molecule has 30 heavy (non-hydrogen) atoms. The van der Waals surface area contributed by atoms with E-state index in [2.05, 4.69) is 31.8 Å². The van der Waals surface area contributed by atoms with Crippen molar-refractivity contribution in [1.82, 2.24) is 9.97 Å². The lowest BCUT2D eigenvalue weighted by Gasteiger charge is -2.37. The minimum atomic E-state index is -0.427. The van der Waals surface area contributed by atoms with Gasteiger partial charge in [0.1, 0.15) is 11.6 Å². The highest BCUT2D eigenvalue weighted by Gasteiger charge is 2.29. The Kier molecular flexibility index (Phi) is 4.99. The van der Waals surface area contributed by atoms with Crippen molar-refractivity contribution in [2.75, 3.05) is 36.0 Å². The van der Waals surface area contributed by atoms with Crippen LogP contribution in [0.25, 0.3) is 10.9 Å². The zero-order chi connectivity index (χ0) is 20.8. The number of nitro groups is 1. The lowest BCUT2D eigenvalue weighted by Crippen LogP contribution is -2.47. The molecule has 5 rings (SSSR count). The molecule has 0 atom stereocenters. The SMILES string of the molecule is O=[N+]([O-])c1ccc(N2CCN(c3nc(C4CC4)nc4ccc(Br)cc34)CC2)c(Cl)c1. The van der Waals surface area contributed by atoms with Crippen molar-refractivity contribution in [3.8, 4) is 0 Å². The second-order valence-electron chi connectivity index (χ2n) is 7.71. The third kappa shape index (κ3) is 3.70. The van der Waals surface area contributed by atoms with Crippen LogP contribution < -0.4 is 9.80 Å². The Morgan fingerprint density at radius 2 is 1.77 bits per heavy atom. The number of nitro benzene ring substituents is 1. The molecule has 0 bridgehead atoms. The minimum Gasteiger partial charge on any atom is -0.367 e. The molecule has 1 aromatic heterocycles. The first-order valence-electron chi connectivity index (χ1n) is 9.90. The molecule has 1 saturated carbocycles. The summed E-state index contributed by atoms with van der Waals surface area (Å²) in [7, 11) is 0. The van der Waals surface area contributed by atoms with Crippen LogP contribution in [0.3, 0.4) is 0 Å². The third-order valence-electron chi connectivity index (χ3n) is 5.66. The van der Waals surface area contributed by atoms with Crippen molar-refractivity contribution in [2.45, 2.75) is 18.8 Å². The predicted molar refractivity (Wildman–Crippen MR) is 122 cm³/mol. The van der Waals surface area contributed by atoms with E-state index in [-0.39, 0.29) is 5.69 Å². The van der Waals surface area contributed by atoms with E-state index < -0.39 is 4.92 Å². The van der Waals surface area contributed by atoms with Crippen molar-refractivity contribution in [3.63, 3.8) is 0 Å². The zero-order valence-electron chi connectivity index (χ0n) is 16.1. The van der Waals surface area contributed by atoms with Gasteiger partial charge in [0.25, 0.3) is 5.69 Å². The van der Waals surface area contributed by atoms with Crippen LogP contribution in [0.5, 0.6) is 0 Å². The Labute approximate surface area is 186 Å². The highest BCUT2D eigenvalue weighted by Crippen LogP contribution is 2.40. The van der Waals surface area contributed by atoms with Gasteiger partial charge >= 0.3 is 0 Å². The highest BCUT2D eigenvalue weighted by molar-refractivity contribution is 9.10. The summed E-state index contributed by atoms with van der Waals surface area (Å²) in [6, 6.07) is 10.8. The number of nitrogens with zero attached hydrogens (tertiary/aromatic N) is 5. The maximum absolute atomic E-state index is 11.0. The van der Waals surface area contributed by atoms with E-state index in [0.717, 1.165) is 71.7 Å². The first-order chi connectivity index (χ1) is 14.5. The normalized spacial score (nSPS) is 16.9. The summed E-state index contributed by atoms with van der Waals surface area (Å²) in [5.41, 5.74) is 1.81. The van der Waals surface area contributed by atoms with E-state index in [4.69, 9.17) is 21.6 Å². The van der Waals surface area contributed by atoms with Gasteiger partial charge in [0.15, 0.2) is 0 Å². The van der Waals surface area contributed by atoms with E-state index >= 15 is 0 Å². The van der Waals surface area contributed by atoms with Crippen LogP contribution in [0.2, 0.25) is 5.02 Å². The number of fused-ring (bicyclic) bond motifs is 1. The molecule has 2 aliphatic rings. The minimum absolute atomic E-state index is 0.00743. The summed E-state index contributed by atoms with van der Waals surface area (Å²) >= 11 is 9.90. The van der Waals surface area contributed by atoms with Crippen LogP contribution >= 0.6 is 27.5 Å². The lowest BCUT2D eigenvalue weighted by molar-refractivity contribution is -0.384. The van der Waals surface area contributed by atoms with E-state index in [1.807, 2.05) is 12.1 Å². The van der Waals surface area contributed by atoms with Crippen molar-refractivity contribution in [2.24, 2.45) is 0 Å². The van der Waals surface area contributed by atoms with Crippen LogP contribution in [-0.2, 0) is 0 Å². The smallest absolute Gasteiger partial charge is 0.271 e. The van der Waals surface area contributed by atoms with Crippen LogP contribution in [-0.4, -0.2) is 41.1 Å². The van der Waals surface area contributed by atoms with Crippen molar-refractivity contribution in [1.29, 1.82) is 0 Å². The maximum Gasteiger partial charge on any atom is 0.271 e. The van der Waals surface area contributed by atoms with Crippen LogP contribution in [0.1, 0.15) is 24.6 Å². The summed E-state index contributed by atoms with van der Waals surface area (Å²) in [5, 5.41) is 12.4. The molecule has 154 valence electrons. The number of benzene rings is 2. The summed E-state index contributed by atoms with van der Waals surface area (Å²) < 4.78 is 1.01. The maximum atomic E-state index is 11.0. The summed E-state index contributed by atoms with van der Waals surface area (Å²) in [6.45, 7) is 3.09. The van der Waals surface area contributed by atoms with Gasteiger partial charge in [0.05, 0.1) is 21.2 Å². The van der Waals surface area contributed by atoms with Gasteiger partial charge in [-0.3, -0.25) is 10.1 Å². The molecular weight excluding hydrogens is 470 g/mol. The van der Waals surface area contributed by atoms with Gasteiger partial charge in [-0.15, -0.1) is 0 Å². The molecule has 1 aliphatic carbocycles. The molecule has 9 heteroatoms. The standard InChI is InChI=1S/C21H19BrClN5O2/c22-14-3-5-18-16(11-14)21(25-20(24-18)13-1-2-13)27-9-7-26(8-10-27)19-6-4-15(28(29)30)12-17(19)23/h3-6,11-13H,1-2,7-10H2. The summed E-state index contributed by atoms with van der Waals surface area (Å²) in [4.78, 5) is 24.7. The molecule has 0 N–H and O–H groups in total. The first kappa shape index (κ1) is 19.5. The molecule has 0 unspecified atom stereocenters. The topological polar surface area (TPSA) is 75.4 Å². The molecule has 1 aliphatic heterocycles. The fraction of sp³-hybridized carbons (Fsp3) is 0.333. The molecule has 2 aromatic carbocycles. The fourth-order valence-corrected chi connectivity index (χ4v) is 4.55. The van der Waals surface area contributed by atoms with Gasteiger partial charge in [-0.1, -0.05) is 27.5 Å². The Hall–Kier alpha value is -2.45. The highest BCUT2D eigenvalue weighted by atomic mass is 79.9. The molecule has 7 nitrogen and oxygen atoms in total. The lowest BCUT2D eigenvalue weighted by atomic mass is 10.2. The molecule has 3 aromatic rings. The van der Waals surface area contributed by atoms with Crippen molar-refractivity contribution in [3.05, 3.63) is 61.8 Å². The molecular formula is C21H19BrClN5O2. The Morgan fingerprint density at radius 3 is 2.43 bits per heavy atom. The van der Waals surface area contributed by atoms with E-state index in [1.165, 1.54) is 12.1 Å². The van der Waals surface area contributed by atoms with Gasteiger partial charge in [-0.25, -0.2) is 9.97 Å². The number of anilines is 2. The summed E-state index contributed by atoms with van der Waals surface area (Å²) in [6.07, 6.45) is 2.32. The molecule has 0 radical (unpaired) electrons. The van der Waals surface area contributed by atoms with E-state index in [0.29, 0.717) is 10.9 Å². The number of piperazine rings is 1. The first-order valence-corrected chi connectivity index (χ1v) is 11.1. The predicted octanol–water partition coefficient (Wildman–Crippen LogP) is 5.16. The van der Waals surface area contributed by atoms with Gasteiger partial charge in [0.2, 0.25) is 0 Å². The zero-order valence-corrected chi connectivity index (χ0v) is 18.4. The number of hydrogen-bond donors (Lipinski definition) is 0. The second-order valence-corrected chi connectivity index (χ2v) is 9.03. The van der Waals surface area contributed by atoms with Crippen molar-refractivity contribution < 1.29 is 4.92 Å². The monoisotopic (exact) mass is 487 g/mol. The third-order valence-corrected chi connectivity index (χ3v) is 6.46. The van der Waals surface area contributed by atoms with Gasteiger partial charge in [-0.05, 0) is 37.1 Å². The van der Waals surface area contributed by atoms with Crippen LogP contribution in [0.15, 0.2) is 40.9 Å². The number of aromatic nitrogens is 2. The quantitative estimate of drug-likeness (QED) is 0.373. The molecule has 0 spiro atoms. The molecule has 0 amide bonds. The number of non-ortho nitro benzene ring substituents is 1. The number of hydrogen-bond acceptors (Lipinski definition) is 6. The Bertz CT molecular complexity index is 1150. The molecule has 2 heterocycles. The average Bonchev–Trinajstić information content (AvgIpc) is 3.58. The van der Waals surface area contributed by atoms with Gasteiger partial charge in [0, 0.05) is 54.1 Å². The average molecular weight is 489 g/mol.